The quantitative estimate of drug-likeness (QED) is 0.273. The van der Waals surface area contributed by atoms with Gasteiger partial charge in [-0.15, -0.1) is 0 Å². The first-order valence-corrected chi connectivity index (χ1v) is 19.8. The summed E-state index contributed by atoms with van der Waals surface area (Å²) in [7, 11) is -0.492. The molecule has 2 aromatic carbocycles. The van der Waals surface area contributed by atoms with E-state index in [0.717, 1.165) is 23.8 Å². The van der Waals surface area contributed by atoms with Crippen molar-refractivity contribution in [2.75, 3.05) is 29.6 Å². The number of halogens is 6. The number of nitrogens with one attached hydrogen (secondary N) is 1. The number of aliphatic hydroxyl groups is 1. The van der Waals surface area contributed by atoms with Gasteiger partial charge in [-0.05, 0) is 0 Å². The molecular weight excluding hydrogens is 733 g/mol. The Morgan fingerprint density at radius 3 is 2.52 bits per heavy atom. The van der Waals surface area contributed by atoms with Gasteiger partial charge < -0.3 is 0 Å². The second kappa shape index (κ2) is 12.7. The standard InChI is InChI=1S/C27H31Cl2F3IN3O5S/c1-4-42(40,41)21-9-8-16(28)11-15(21)14-36-24(37)17-12-19(27(30,31)32)18(22(29)23(17)34-26(36)39)13-33-10-6-5-7-20(33)25(38)35(2)3/h8-9,11-12,20,26,34,39H,4-7,10,13-14H2,1-3H3/t20-,26?/m1/s1. The number of carbonyl (C=O) groups excluding carboxylic acids is 2. The first kappa shape index (κ1) is 33.1. The molecule has 232 valence electrons. The number of alkyl halides is 6. The summed E-state index contributed by atoms with van der Waals surface area (Å²) in [5.74, 6) is -1.29. The van der Waals surface area contributed by atoms with Gasteiger partial charge in [-0.1, -0.05) is 6.92 Å². The average Bonchev–Trinajstić information content (AvgIpc) is 2.92. The number of hydrogen-bond acceptors (Lipinski definition) is 6. The number of aliphatic hydroxyl groups excluding tert-OH is 1. The molecule has 4 rings (SSSR count). The van der Waals surface area contributed by atoms with Crippen molar-refractivity contribution in [3.8, 4) is 0 Å². The fraction of sp³-hybridized carbons (Fsp3) is 0.481. The fourth-order valence-corrected chi connectivity index (χ4v) is 14.5. The van der Waals surface area contributed by atoms with Gasteiger partial charge >= 0.3 is 254 Å². The normalized spacial score (nSPS) is 20.3. The van der Waals surface area contributed by atoms with Crippen molar-refractivity contribution in [1.82, 2.24) is 9.80 Å². The minimum absolute atomic E-state index is 0.0194. The van der Waals surface area contributed by atoms with Gasteiger partial charge in [-0.25, -0.2) is 0 Å². The minimum atomic E-state index is -4.85. The van der Waals surface area contributed by atoms with E-state index < -0.39 is 65.8 Å². The molecule has 0 spiro atoms. The summed E-state index contributed by atoms with van der Waals surface area (Å²) < 4.78 is 69.1. The van der Waals surface area contributed by atoms with Gasteiger partial charge in [0.2, 0.25) is 0 Å². The van der Waals surface area contributed by atoms with Crippen molar-refractivity contribution >= 4 is 70.4 Å². The number of rotatable bonds is 7. The molecule has 42 heavy (non-hydrogen) atoms. The summed E-state index contributed by atoms with van der Waals surface area (Å²) in [6.45, 7) is 0.992. The summed E-state index contributed by atoms with van der Waals surface area (Å²) in [5, 5.41) is 13.4. The third-order valence-electron chi connectivity index (χ3n) is 7.28. The molecule has 2 atom stereocenters. The van der Waals surface area contributed by atoms with E-state index >= 15 is 0 Å². The van der Waals surface area contributed by atoms with Crippen LogP contribution in [0, 0.1) is 0 Å². The van der Waals surface area contributed by atoms with Crippen molar-refractivity contribution in [3.63, 3.8) is 0 Å². The van der Waals surface area contributed by atoms with Gasteiger partial charge in [0.1, 0.15) is 0 Å². The van der Waals surface area contributed by atoms with E-state index in [1.54, 1.807) is 14.1 Å². The maximum absolute atomic E-state index is 14.5. The van der Waals surface area contributed by atoms with Crippen LogP contribution >= 0.6 is 43.0 Å². The molecule has 0 aliphatic carbocycles. The third-order valence-corrected chi connectivity index (χ3v) is 16.9. The average molecular weight is 764 g/mol. The predicted molar refractivity (Wildman–Crippen MR) is 164 cm³/mol. The molecule has 8 nitrogen and oxygen atoms in total. The molecule has 1 fully saturated rings. The van der Waals surface area contributed by atoms with Gasteiger partial charge in [0.25, 0.3) is 0 Å². The molecule has 2 heterocycles. The van der Waals surface area contributed by atoms with E-state index in [2.05, 4.69) is 5.32 Å². The van der Waals surface area contributed by atoms with E-state index in [1.165, 1.54) is 30.0 Å². The van der Waals surface area contributed by atoms with Crippen molar-refractivity contribution in [2.24, 2.45) is 0 Å². The third kappa shape index (κ3) is 6.64. The molecule has 0 saturated carbocycles. The van der Waals surface area contributed by atoms with Crippen LogP contribution < -0.4 is 5.32 Å². The monoisotopic (exact) mass is 763 g/mol. The molecule has 2 N–H and O–H groups in total. The summed E-state index contributed by atoms with van der Waals surface area (Å²) >= 11 is 10.4. The topological polar surface area (TPSA) is 107 Å². The zero-order chi connectivity index (χ0) is 31.1. The Morgan fingerprint density at radius 1 is 1.21 bits per heavy atom. The van der Waals surface area contributed by atoms with E-state index in [9.17, 15) is 36.3 Å². The molecule has 1 unspecified atom stereocenters. The van der Waals surface area contributed by atoms with Crippen molar-refractivity contribution in [2.45, 2.75) is 58.5 Å². The molecule has 2 aliphatic heterocycles. The van der Waals surface area contributed by atoms with Crippen LogP contribution in [-0.2, 0) is 31.8 Å². The van der Waals surface area contributed by atoms with Crippen LogP contribution in [0.4, 0.5) is 18.9 Å². The Labute approximate surface area is 259 Å². The summed E-state index contributed by atoms with van der Waals surface area (Å²) in [6.07, 6.45) is -4.30. The Morgan fingerprint density at radius 2 is 1.90 bits per heavy atom. The number of sulfone groups is 1. The molecule has 1 saturated heterocycles. The maximum atomic E-state index is 14.5. The van der Waals surface area contributed by atoms with E-state index in [4.69, 9.17) is 23.2 Å². The van der Waals surface area contributed by atoms with Crippen molar-refractivity contribution in [3.05, 3.63) is 56.6 Å². The van der Waals surface area contributed by atoms with Gasteiger partial charge in [0.05, 0.1) is 0 Å². The van der Waals surface area contributed by atoms with E-state index in [0.29, 0.717) is 10.8 Å². The summed E-state index contributed by atoms with van der Waals surface area (Å²) in [4.78, 5) is 28.6. The van der Waals surface area contributed by atoms with Gasteiger partial charge in [0.15, 0.2) is 0 Å². The van der Waals surface area contributed by atoms with Crippen molar-refractivity contribution in [1.29, 1.82) is 0 Å². The van der Waals surface area contributed by atoms with Crippen LogP contribution in [-0.4, -0.2) is 69.7 Å². The van der Waals surface area contributed by atoms with Crippen LogP contribution in [0.1, 0.15) is 53.2 Å². The van der Waals surface area contributed by atoms with Crippen LogP contribution in [0.3, 0.4) is 0 Å². The predicted octanol–water partition coefficient (Wildman–Crippen LogP) is 5.80. The number of amides is 2. The molecule has 2 amide bonds. The molecule has 2 aromatic rings. The summed E-state index contributed by atoms with van der Waals surface area (Å²) in [5.41, 5.74) is -1.69. The number of nitrogens with zero attached hydrogens (tertiary/aromatic N) is 2. The molecule has 0 bridgehead atoms. The van der Waals surface area contributed by atoms with Crippen molar-refractivity contribution < 1.29 is 36.3 Å². The van der Waals surface area contributed by atoms with E-state index in [1.807, 2.05) is 0 Å². The van der Waals surface area contributed by atoms with Crippen LogP contribution in [0.5, 0.6) is 0 Å². The number of anilines is 1. The van der Waals surface area contributed by atoms with Crippen LogP contribution in [0.15, 0.2) is 29.2 Å². The van der Waals surface area contributed by atoms with Crippen LogP contribution in [0.25, 0.3) is 0 Å². The van der Waals surface area contributed by atoms with E-state index in [-0.39, 0.29) is 51.8 Å². The summed E-state index contributed by atoms with van der Waals surface area (Å²) in [6, 6.07) is 4.72. The molecule has 2 aliphatic rings. The Bertz CT molecular complexity index is 1510. The van der Waals surface area contributed by atoms with Crippen LogP contribution in [0.2, 0.25) is 10.0 Å². The van der Waals surface area contributed by atoms with Gasteiger partial charge in [0, 0.05) is 0 Å². The number of fused-ring (bicyclic) bond motifs is 1. The zero-order valence-electron chi connectivity index (χ0n) is 23.1. The number of carbonyl (C=O) groups is 2. The first-order chi connectivity index (χ1) is 19.6. The fourth-order valence-electron chi connectivity index (χ4n) is 5.07. The second-order valence-corrected chi connectivity index (χ2v) is 19.5. The van der Waals surface area contributed by atoms with Gasteiger partial charge in [-0.2, -0.15) is 0 Å². The Balaban J connectivity index is 1.76. The first-order valence-electron chi connectivity index (χ1n) is 13.1. The number of hydrogen-bond donors (Lipinski definition) is 2. The number of benzene rings is 2. The van der Waals surface area contributed by atoms with Gasteiger partial charge in [-0.3, -0.25) is 0 Å². The SMILES string of the molecule is CCS(=O)(=O)c1ccc(Cl)cc1CN1C(=O)c2cc(C(F)(F)F)c(CI3CCCC[C@@H]3C(=O)N(C)C)c(Cl)c2NC1O. The molecule has 0 aromatic heterocycles. The Kier molecular flexibility index (Phi) is 9.98. The zero-order valence-corrected chi connectivity index (χ0v) is 27.6. The molecule has 0 radical (unpaired) electrons. The Hall–Kier alpha value is -1.81. The molecular formula is C27H31Cl2F3IN3O5S. The second-order valence-electron chi connectivity index (χ2n) is 10.3. The molecule has 15 heteroatoms.